The Morgan fingerprint density at radius 2 is 1.79 bits per heavy atom. The van der Waals surface area contributed by atoms with Crippen molar-refractivity contribution >= 4 is 17.4 Å². The molecule has 0 N–H and O–H groups in total. The first-order chi connectivity index (χ1) is 9.31. The molecule has 3 aliphatic rings. The number of halogens is 1. The van der Waals surface area contributed by atoms with Gasteiger partial charge in [0.2, 0.25) is 0 Å². The summed E-state index contributed by atoms with van der Waals surface area (Å²) in [5.41, 5.74) is 0. The molecule has 0 aromatic carbocycles. The van der Waals surface area contributed by atoms with Crippen LogP contribution in [0.1, 0.15) is 12.8 Å². The van der Waals surface area contributed by atoms with Crippen molar-refractivity contribution in [3.8, 4) is 0 Å². The van der Waals surface area contributed by atoms with Gasteiger partial charge in [-0.1, -0.05) is 11.6 Å². The number of anilines is 1. The predicted octanol–water partition coefficient (Wildman–Crippen LogP) is 1.18. The van der Waals surface area contributed by atoms with Gasteiger partial charge in [0.15, 0.2) is 0 Å². The summed E-state index contributed by atoms with van der Waals surface area (Å²) in [6.07, 6.45) is 5.99. The molecule has 0 spiro atoms. The number of piperazine rings is 1. The first kappa shape index (κ1) is 11.9. The standard InChI is InChI=1S/C13H17ClN4O/c14-12-3-16-13(4-15-12)17-5-9-1-2-10(6-17)18(9)11-7-19-8-11/h3-4,9-11H,1-2,5-8H2. The van der Waals surface area contributed by atoms with Crippen molar-refractivity contribution in [2.24, 2.45) is 0 Å². The van der Waals surface area contributed by atoms with Crippen molar-refractivity contribution in [3.63, 3.8) is 0 Å². The summed E-state index contributed by atoms with van der Waals surface area (Å²) >= 11 is 5.80. The van der Waals surface area contributed by atoms with E-state index in [0.717, 1.165) is 32.1 Å². The van der Waals surface area contributed by atoms with Crippen molar-refractivity contribution < 1.29 is 4.74 Å². The highest BCUT2D eigenvalue weighted by Crippen LogP contribution is 2.35. The van der Waals surface area contributed by atoms with Crippen molar-refractivity contribution in [3.05, 3.63) is 17.5 Å². The van der Waals surface area contributed by atoms with E-state index < -0.39 is 0 Å². The lowest BCUT2D eigenvalue weighted by Gasteiger charge is -2.47. The summed E-state index contributed by atoms with van der Waals surface area (Å²) in [5.74, 6) is 0.950. The van der Waals surface area contributed by atoms with Gasteiger partial charge in [0.25, 0.3) is 0 Å². The quantitative estimate of drug-likeness (QED) is 0.814. The molecule has 1 aromatic heterocycles. The average Bonchev–Trinajstić information content (AvgIpc) is 2.60. The van der Waals surface area contributed by atoms with E-state index in [1.54, 1.807) is 12.4 Å². The van der Waals surface area contributed by atoms with E-state index in [-0.39, 0.29) is 0 Å². The number of fused-ring (bicyclic) bond motifs is 2. The van der Waals surface area contributed by atoms with Crippen molar-refractivity contribution in [2.75, 3.05) is 31.2 Å². The Kier molecular flexibility index (Phi) is 2.86. The molecule has 0 saturated carbocycles. The zero-order chi connectivity index (χ0) is 12.8. The van der Waals surface area contributed by atoms with Gasteiger partial charge >= 0.3 is 0 Å². The van der Waals surface area contributed by atoms with Crippen molar-refractivity contribution in [1.29, 1.82) is 0 Å². The molecular formula is C13H17ClN4O. The third kappa shape index (κ3) is 2.00. The van der Waals surface area contributed by atoms with E-state index in [0.29, 0.717) is 23.3 Å². The van der Waals surface area contributed by atoms with Crippen LogP contribution in [0.4, 0.5) is 5.82 Å². The van der Waals surface area contributed by atoms with Gasteiger partial charge in [-0.15, -0.1) is 0 Å². The second-order valence-corrected chi connectivity index (χ2v) is 6.01. The molecule has 0 amide bonds. The van der Waals surface area contributed by atoms with Crippen LogP contribution in [0.25, 0.3) is 0 Å². The van der Waals surface area contributed by atoms with E-state index in [2.05, 4.69) is 19.8 Å². The van der Waals surface area contributed by atoms with E-state index in [9.17, 15) is 0 Å². The van der Waals surface area contributed by atoms with Gasteiger partial charge in [0, 0.05) is 25.2 Å². The van der Waals surface area contributed by atoms with Crippen LogP contribution in [-0.4, -0.2) is 59.3 Å². The van der Waals surface area contributed by atoms with E-state index in [1.165, 1.54) is 12.8 Å². The van der Waals surface area contributed by atoms with E-state index in [4.69, 9.17) is 16.3 Å². The highest BCUT2D eigenvalue weighted by molar-refractivity contribution is 6.29. The molecule has 1 aromatic rings. The number of hydrogen-bond acceptors (Lipinski definition) is 5. The highest BCUT2D eigenvalue weighted by atomic mass is 35.5. The molecule has 4 rings (SSSR count). The normalized spacial score (nSPS) is 31.5. The average molecular weight is 281 g/mol. The fourth-order valence-electron chi connectivity index (χ4n) is 3.58. The zero-order valence-corrected chi connectivity index (χ0v) is 11.5. The smallest absolute Gasteiger partial charge is 0.147 e. The minimum Gasteiger partial charge on any atom is -0.378 e. The van der Waals surface area contributed by atoms with Gasteiger partial charge in [-0.05, 0) is 12.8 Å². The highest BCUT2D eigenvalue weighted by Gasteiger charge is 2.45. The molecule has 3 aliphatic heterocycles. The summed E-state index contributed by atoms with van der Waals surface area (Å²) in [4.78, 5) is 13.6. The van der Waals surface area contributed by atoms with Gasteiger partial charge in [-0.3, -0.25) is 4.90 Å². The molecule has 2 unspecified atom stereocenters. The second-order valence-electron chi connectivity index (χ2n) is 5.63. The summed E-state index contributed by atoms with van der Waals surface area (Å²) in [7, 11) is 0. The molecule has 3 fully saturated rings. The third-order valence-electron chi connectivity index (χ3n) is 4.51. The fraction of sp³-hybridized carbons (Fsp3) is 0.692. The van der Waals surface area contributed by atoms with Crippen molar-refractivity contribution in [2.45, 2.75) is 31.0 Å². The molecular weight excluding hydrogens is 264 g/mol. The molecule has 3 saturated heterocycles. The van der Waals surface area contributed by atoms with Gasteiger partial charge in [-0.2, -0.15) is 0 Å². The van der Waals surface area contributed by atoms with Gasteiger partial charge in [-0.25, -0.2) is 9.97 Å². The van der Waals surface area contributed by atoms with Crippen LogP contribution in [-0.2, 0) is 4.74 Å². The SMILES string of the molecule is Clc1cnc(N2CC3CCC(C2)N3C2COC2)cn1. The molecule has 0 radical (unpaired) electrons. The molecule has 0 aliphatic carbocycles. The Bertz CT molecular complexity index is 450. The number of nitrogens with zero attached hydrogens (tertiary/aromatic N) is 4. The second kappa shape index (κ2) is 4.58. The zero-order valence-electron chi connectivity index (χ0n) is 10.7. The lowest BCUT2D eigenvalue weighted by atomic mass is 10.1. The van der Waals surface area contributed by atoms with E-state index in [1.807, 2.05) is 0 Å². The molecule has 19 heavy (non-hydrogen) atoms. The molecule has 102 valence electrons. The number of ether oxygens (including phenoxy) is 1. The topological polar surface area (TPSA) is 41.5 Å². The van der Waals surface area contributed by atoms with Gasteiger partial charge in [0.1, 0.15) is 11.0 Å². The molecule has 4 heterocycles. The van der Waals surface area contributed by atoms with Crippen LogP contribution in [0, 0.1) is 0 Å². The monoisotopic (exact) mass is 280 g/mol. The molecule has 2 atom stereocenters. The third-order valence-corrected chi connectivity index (χ3v) is 4.71. The number of hydrogen-bond donors (Lipinski definition) is 0. The number of rotatable bonds is 2. The van der Waals surface area contributed by atoms with Gasteiger partial charge in [0.05, 0.1) is 31.6 Å². The van der Waals surface area contributed by atoms with Crippen LogP contribution >= 0.6 is 11.6 Å². The Morgan fingerprint density at radius 1 is 1.05 bits per heavy atom. The maximum Gasteiger partial charge on any atom is 0.147 e. The van der Waals surface area contributed by atoms with Crippen LogP contribution in [0.15, 0.2) is 12.4 Å². The molecule has 5 nitrogen and oxygen atoms in total. The Hall–Kier alpha value is -0.910. The van der Waals surface area contributed by atoms with Crippen LogP contribution < -0.4 is 4.90 Å². The first-order valence-corrected chi connectivity index (χ1v) is 7.27. The van der Waals surface area contributed by atoms with Crippen LogP contribution in [0.2, 0.25) is 5.15 Å². The Balaban J connectivity index is 1.52. The van der Waals surface area contributed by atoms with Gasteiger partial charge < -0.3 is 9.64 Å². The van der Waals surface area contributed by atoms with E-state index >= 15 is 0 Å². The first-order valence-electron chi connectivity index (χ1n) is 6.89. The number of aromatic nitrogens is 2. The summed E-state index contributed by atoms with van der Waals surface area (Å²) in [6, 6.07) is 1.94. The molecule has 6 heteroatoms. The lowest BCUT2D eigenvalue weighted by Crippen LogP contribution is -2.62. The minimum atomic E-state index is 0.456. The minimum absolute atomic E-state index is 0.456. The fourth-order valence-corrected chi connectivity index (χ4v) is 3.68. The largest absolute Gasteiger partial charge is 0.378 e. The van der Waals surface area contributed by atoms with Crippen LogP contribution in [0.3, 0.4) is 0 Å². The summed E-state index contributed by atoms with van der Waals surface area (Å²) in [5, 5.41) is 0.456. The predicted molar refractivity (Wildman–Crippen MR) is 72.5 cm³/mol. The molecule has 2 bridgehead atoms. The Morgan fingerprint density at radius 3 is 2.32 bits per heavy atom. The lowest BCUT2D eigenvalue weighted by molar-refractivity contribution is -0.0850. The summed E-state index contributed by atoms with van der Waals surface area (Å²) in [6.45, 7) is 3.91. The van der Waals surface area contributed by atoms with Crippen molar-refractivity contribution in [1.82, 2.24) is 14.9 Å². The maximum atomic E-state index is 5.80. The van der Waals surface area contributed by atoms with Crippen LogP contribution in [0.5, 0.6) is 0 Å². The Labute approximate surface area is 117 Å². The summed E-state index contributed by atoms with van der Waals surface area (Å²) < 4.78 is 5.34. The maximum absolute atomic E-state index is 5.80.